The summed E-state index contributed by atoms with van der Waals surface area (Å²) in [5, 5.41) is 9.75. The van der Waals surface area contributed by atoms with Crippen LogP contribution in [0.1, 0.15) is 12.5 Å². The fourth-order valence-corrected chi connectivity index (χ4v) is 2.23. The molecule has 13 heavy (non-hydrogen) atoms. The van der Waals surface area contributed by atoms with Crippen LogP contribution in [0.15, 0.2) is 30.3 Å². The van der Waals surface area contributed by atoms with Crippen LogP contribution in [0.4, 0.5) is 0 Å². The Bertz CT molecular complexity index is 272. The number of benzene rings is 1. The van der Waals surface area contributed by atoms with Gasteiger partial charge in [0.15, 0.2) is 0 Å². The summed E-state index contributed by atoms with van der Waals surface area (Å²) in [4.78, 5) is 0. The van der Waals surface area contributed by atoms with Gasteiger partial charge in [-0.05, 0) is 12.5 Å². The third kappa shape index (κ3) is 2.01. The van der Waals surface area contributed by atoms with E-state index in [1.807, 2.05) is 37.3 Å². The molecule has 1 atom stereocenters. The highest BCUT2D eigenvalue weighted by atomic mass is 28.3. The van der Waals surface area contributed by atoms with E-state index in [4.69, 9.17) is 0 Å². The van der Waals surface area contributed by atoms with Gasteiger partial charge in [-0.3, -0.25) is 0 Å². The zero-order valence-corrected chi connectivity index (χ0v) is 9.83. The predicted octanol–water partition coefficient (Wildman–Crippen LogP) is 2.77. The Balaban J connectivity index is 3.08. The van der Waals surface area contributed by atoms with Crippen molar-refractivity contribution in [3.63, 3.8) is 0 Å². The second-order valence-corrected chi connectivity index (χ2v) is 10.2. The lowest BCUT2D eigenvalue weighted by Crippen LogP contribution is -2.47. The first kappa shape index (κ1) is 10.5. The van der Waals surface area contributed by atoms with Crippen LogP contribution in [0.25, 0.3) is 0 Å². The molecule has 1 rings (SSSR count). The molecule has 0 radical (unpaired) electrons. The van der Waals surface area contributed by atoms with Crippen molar-refractivity contribution in [2.75, 3.05) is 0 Å². The molecule has 1 aromatic rings. The molecule has 0 bridgehead atoms. The summed E-state index contributed by atoms with van der Waals surface area (Å²) >= 11 is 0. The number of aliphatic hydroxyl groups is 1. The van der Waals surface area contributed by atoms with Gasteiger partial charge in [0.05, 0.1) is 13.3 Å². The zero-order valence-electron chi connectivity index (χ0n) is 8.83. The highest BCUT2D eigenvalue weighted by molar-refractivity contribution is 6.78. The minimum absolute atomic E-state index is 0.631. The molecule has 0 aliphatic heterocycles. The summed E-state index contributed by atoms with van der Waals surface area (Å²) in [5.74, 6) is 0. The van der Waals surface area contributed by atoms with Crippen LogP contribution in [0.3, 0.4) is 0 Å². The number of hydrogen-bond donors (Lipinski definition) is 1. The first-order valence-electron chi connectivity index (χ1n) is 4.63. The highest BCUT2D eigenvalue weighted by Gasteiger charge is 2.38. The molecule has 0 aliphatic carbocycles. The average Bonchev–Trinajstić information content (AvgIpc) is 2.04. The van der Waals surface area contributed by atoms with Crippen molar-refractivity contribution < 1.29 is 5.11 Å². The molecule has 0 heterocycles. The Morgan fingerprint density at radius 1 is 1.08 bits per heavy atom. The van der Waals surface area contributed by atoms with E-state index in [0.717, 1.165) is 5.56 Å². The Labute approximate surface area is 81.4 Å². The molecule has 0 aliphatic rings. The zero-order chi connectivity index (χ0) is 10.1. The molecule has 0 aromatic heterocycles. The van der Waals surface area contributed by atoms with E-state index < -0.39 is 13.3 Å². The molecule has 1 aromatic carbocycles. The van der Waals surface area contributed by atoms with Gasteiger partial charge in [-0.2, -0.15) is 0 Å². The lowest BCUT2D eigenvalue weighted by Gasteiger charge is -2.35. The van der Waals surface area contributed by atoms with Gasteiger partial charge in [-0.1, -0.05) is 50.0 Å². The van der Waals surface area contributed by atoms with Gasteiger partial charge in [-0.15, -0.1) is 0 Å². The molecule has 72 valence electrons. The van der Waals surface area contributed by atoms with Gasteiger partial charge in [0.1, 0.15) is 0 Å². The largest absolute Gasteiger partial charge is 0.389 e. The van der Waals surface area contributed by atoms with E-state index >= 15 is 0 Å². The quantitative estimate of drug-likeness (QED) is 0.718. The Morgan fingerprint density at radius 2 is 1.54 bits per heavy atom. The van der Waals surface area contributed by atoms with Crippen LogP contribution in [0.5, 0.6) is 0 Å². The number of hydrogen-bond acceptors (Lipinski definition) is 1. The van der Waals surface area contributed by atoms with Gasteiger partial charge in [0, 0.05) is 0 Å². The topological polar surface area (TPSA) is 20.2 Å². The minimum atomic E-state index is -1.57. The molecule has 0 fully saturated rings. The van der Waals surface area contributed by atoms with Crippen molar-refractivity contribution in [2.24, 2.45) is 0 Å². The maximum atomic E-state index is 10.4. The minimum Gasteiger partial charge on any atom is -0.389 e. The Kier molecular flexibility index (Phi) is 2.64. The van der Waals surface area contributed by atoms with Crippen LogP contribution >= 0.6 is 0 Å². The fraction of sp³-hybridized carbons (Fsp3) is 0.455. The second kappa shape index (κ2) is 3.27. The summed E-state index contributed by atoms with van der Waals surface area (Å²) in [7, 11) is -1.57. The molecule has 1 unspecified atom stereocenters. The standard InChI is InChI=1S/C11H18OSi/c1-11(12,13(2,3)4)10-8-6-5-7-9-10/h5-9,12H,1-4H3. The molecule has 1 nitrogen and oxygen atoms in total. The van der Waals surface area contributed by atoms with E-state index in [9.17, 15) is 5.11 Å². The van der Waals surface area contributed by atoms with Crippen LogP contribution in [0.2, 0.25) is 19.6 Å². The maximum Gasteiger partial charge on any atom is 0.0874 e. The highest BCUT2D eigenvalue weighted by Crippen LogP contribution is 2.30. The van der Waals surface area contributed by atoms with Crippen molar-refractivity contribution in [3.05, 3.63) is 35.9 Å². The van der Waals surface area contributed by atoms with Crippen molar-refractivity contribution >= 4 is 8.07 Å². The van der Waals surface area contributed by atoms with Crippen molar-refractivity contribution in [3.8, 4) is 0 Å². The molecule has 2 heteroatoms. The van der Waals surface area contributed by atoms with Crippen LogP contribution in [0, 0.1) is 0 Å². The van der Waals surface area contributed by atoms with Crippen molar-refractivity contribution in [1.82, 2.24) is 0 Å². The lowest BCUT2D eigenvalue weighted by atomic mass is 10.1. The predicted molar refractivity (Wildman–Crippen MR) is 59.4 cm³/mol. The van der Waals surface area contributed by atoms with E-state index in [1.165, 1.54) is 0 Å². The SMILES string of the molecule is CC(O)(c1ccccc1)[Si](C)(C)C. The van der Waals surface area contributed by atoms with E-state index in [0.29, 0.717) is 0 Å². The molecule has 0 spiro atoms. The first-order valence-corrected chi connectivity index (χ1v) is 8.13. The summed E-state index contributed by atoms with van der Waals surface area (Å²) in [5.41, 5.74) is 1.04. The fourth-order valence-electron chi connectivity index (χ4n) is 1.20. The summed E-state index contributed by atoms with van der Waals surface area (Å²) in [6.07, 6.45) is 0. The van der Waals surface area contributed by atoms with Crippen molar-refractivity contribution in [1.29, 1.82) is 0 Å². The van der Waals surface area contributed by atoms with Crippen LogP contribution < -0.4 is 0 Å². The average molecular weight is 194 g/mol. The monoisotopic (exact) mass is 194 g/mol. The van der Waals surface area contributed by atoms with Gasteiger partial charge in [-0.25, -0.2) is 0 Å². The second-order valence-electron chi connectivity index (χ2n) is 4.69. The third-order valence-electron chi connectivity index (χ3n) is 2.80. The van der Waals surface area contributed by atoms with Gasteiger partial charge in [0.25, 0.3) is 0 Å². The van der Waals surface area contributed by atoms with E-state index in [1.54, 1.807) is 0 Å². The Morgan fingerprint density at radius 3 is 1.92 bits per heavy atom. The normalized spacial score (nSPS) is 16.7. The molecular weight excluding hydrogens is 176 g/mol. The Hall–Kier alpha value is -0.603. The summed E-state index contributed by atoms with van der Waals surface area (Å²) in [6, 6.07) is 9.92. The first-order chi connectivity index (χ1) is 5.86. The van der Waals surface area contributed by atoms with Crippen LogP contribution in [-0.4, -0.2) is 13.2 Å². The lowest BCUT2D eigenvalue weighted by molar-refractivity contribution is 0.136. The molecule has 1 N–H and O–H groups in total. The van der Waals surface area contributed by atoms with Gasteiger partial charge in [0.2, 0.25) is 0 Å². The summed E-state index contributed by atoms with van der Waals surface area (Å²) in [6.45, 7) is 8.47. The molecule has 0 amide bonds. The van der Waals surface area contributed by atoms with Crippen molar-refractivity contribution in [2.45, 2.75) is 31.8 Å². The smallest absolute Gasteiger partial charge is 0.0874 e. The molecular formula is C11H18OSi. The number of rotatable bonds is 2. The van der Waals surface area contributed by atoms with Gasteiger partial charge >= 0.3 is 0 Å². The van der Waals surface area contributed by atoms with Crippen LogP contribution in [-0.2, 0) is 5.22 Å². The van der Waals surface area contributed by atoms with E-state index in [2.05, 4.69) is 19.6 Å². The molecule has 0 saturated heterocycles. The third-order valence-corrected chi connectivity index (χ3v) is 6.01. The van der Waals surface area contributed by atoms with Gasteiger partial charge < -0.3 is 5.11 Å². The summed E-state index contributed by atoms with van der Waals surface area (Å²) < 4.78 is 0. The van der Waals surface area contributed by atoms with E-state index in [-0.39, 0.29) is 0 Å². The molecule has 0 saturated carbocycles. The maximum absolute atomic E-state index is 10.4.